The van der Waals surface area contributed by atoms with Crippen LogP contribution in [0.15, 0.2) is 0 Å². The van der Waals surface area contributed by atoms with E-state index in [1.54, 1.807) is 0 Å². The molecule has 0 aromatic rings. The second-order valence-electron chi connectivity index (χ2n) is 3.34. The summed E-state index contributed by atoms with van der Waals surface area (Å²) in [6, 6.07) is 0. The smallest absolute Gasteiger partial charge is 0.306 e. The molecule has 1 heterocycles. The molecule has 0 aromatic carbocycles. The Kier molecular flexibility index (Phi) is 1.40. The summed E-state index contributed by atoms with van der Waals surface area (Å²) < 4.78 is 4.95. The zero-order valence-electron chi connectivity index (χ0n) is 6.01. The van der Waals surface area contributed by atoms with E-state index in [0.29, 0.717) is 24.9 Å². The lowest BCUT2D eigenvalue weighted by Gasteiger charge is -2.23. The number of carbonyl (C=O) groups excluding carboxylic acids is 1. The molecular formula is C8H12O2. The molecule has 0 aromatic heterocycles. The fraction of sp³-hybridized carbons (Fsp3) is 0.875. The maximum Gasteiger partial charge on any atom is 0.306 e. The Balaban J connectivity index is 2.03. The van der Waals surface area contributed by atoms with Crippen LogP contribution in [0.5, 0.6) is 0 Å². The third kappa shape index (κ3) is 0.917. The summed E-state index contributed by atoms with van der Waals surface area (Å²) in [5.41, 5.74) is 0. The molecule has 2 heteroatoms. The minimum absolute atomic E-state index is 0.0168. The first-order chi connectivity index (χ1) is 4.86. The first-order valence-corrected chi connectivity index (χ1v) is 4.02. The molecule has 56 valence electrons. The van der Waals surface area contributed by atoms with Crippen LogP contribution in [0.4, 0.5) is 0 Å². The van der Waals surface area contributed by atoms with Crippen molar-refractivity contribution in [2.45, 2.75) is 25.7 Å². The monoisotopic (exact) mass is 140 g/mol. The highest BCUT2D eigenvalue weighted by molar-refractivity contribution is 5.70. The van der Waals surface area contributed by atoms with E-state index in [-0.39, 0.29) is 5.97 Å². The van der Waals surface area contributed by atoms with Crippen LogP contribution in [0, 0.1) is 11.8 Å². The van der Waals surface area contributed by atoms with Crippen molar-refractivity contribution in [3.63, 3.8) is 0 Å². The minimum Gasteiger partial charge on any atom is -0.465 e. The fourth-order valence-electron chi connectivity index (χ4n) is 2.07. The largest absolute Gasteiger partial charge is 0.465 e. The van der Waals surface area contributed by atoms with Crippen molar-refractivity contribution in [2.24, 2.45) is 11.8 Å². The molecule has 2 fully saturated rings. The highest BCUT2D eigenvalue weighted by Crippen LogP contribution is 2.36. The lowest BCUT2D eigenvalue weighted by atomic mass is 9.92. The number of hydrogen-bond acceptors (Lipinski definition) is 2. The van der Waals surface area contributed by atoms with E-state index in [1.807, 2.05) is 0 Å². The van der Waals surface area contributed by atoms with Crippen molar-refractivity contribution in [3.05, 3.63) is 0 Å². The lowest BCUT2D eigenvalue weighted by Crippen LogP contribution is -2.26. The van der Waals surface area contributed by atoms with E-state index in [9.17, 15) is 4.79 Å². The molecule has 1 saturated heterocycles. The standard InChI is InChI=1S/C8H12O2/c9-8-4-6-2-1-3-7(6)5-10-8/h6-7H,1-5H2. The number of hydrogen-bond donors (Lipinski definition) is 0. The third-order valence-electron chi connectivity index (χ3n) is 2.70. The number of fused-ring (bicyclic) bond motifs is 1. The van der Waals surface area contributed by atoms with Crippen molar-refractivity contribution >= 4 is 5.97 Å². The normalized spacial score (nSPS) is 39.0. The van der Waals surface area contributed by atoms with Crippen molar-refractivity contribution in [2.75, 3.05) is 6.61 Å². The number of esters is 1. The summed E-state index contributed by atoms with van der Waals surface area (Å²) in [7, 11) is 0. The summed E-state index contributed by atoms with van der Waals surface area (Å²) in [5.74, 6) is 1.39. The zero-order valence-corrected chi connectivity index (χ0v) is 6.01. The van der Waals surface area contributed by atoms with Gasteiger partial charge in [-0.2, -0.15) is 0 Å². The molecule has 10 heavy (non-hydrogen) atoms. The maximum atomic E-state index is 10.8. The predicted molar refractivity (Wildman–Crippen MR) is 36.4 cm³/mol. The van der Waals surface area contributed by atoms with Gasteiger partial charge in [0.2, 0.25) is 0 Å². The molecule has 0 bridgehead atoms. The van der Waals surface area contributed by atoms with Crippen LogP contribution in [-0.4, -0.2) is 12.6 Å². The zero-order chi connectivity index (χ0) is 6.97. The molecule has 0 N–H and O–H groups in total. The Bertz CT molecular complexity index is 153. The van der Waals surface area contributed by atoms with Gasteiger partial charge in [0.05, 0.1) is 6.61 Å². The van der Waals surface area contributed by atoms with Crippen molar-refractivity contribution in [1.29, 1.82) is 0 Å². The van der Waals surface area contributed by atoms with E-state index in [1.165, 1.54) is 19.3 Å². The number of cyclic esters (lactones) is 1. The van der Waals surface area contributed by atoms with Crippen LogP contribution in [0.1, 0.15) is 25.7 Å². The average molecular weight is 140 g/mol. The van der Waals surface area contributed by atoms with Gasteiger partial charge < -0.3 is 4.74 Å². The lowest BCUT2D eigenvalue weighted by molar-refractivity contribution is -0.151. The third-order valence-corrected chi connectivity index (χ3v) is 2.70. The summed E-state index contributed by atoms with van der Waals surface area (Å²) in [6.07, 6.45) is 4.51. The summed E-state index contributed by atoms with van der Waals surface area (Å²) in [6.45, 7) is 0.698. The van der Waals surface area contributed by atoms with Gasteiger partial charge in [-0.15, -0.1) is 0 Å². The van der Waals surface area contributed by atoms with Gasteiger partial charge >= 0.3 is 5.97 Å². The predicted octanol–water partition coefficient (Wildman–Crippen LogP) is 1.35. The van der Waals surface area contributed by atoms with Gasteiger partial charge in [-0.05, 0) is 24.7 Å². The maximum absolute atomic E-state index is 10.8. The Hall–Kier alpha value is -0.530. The summed E-state index contributed by atoms with van der Waals surface area (Å²) in [4.78, 5) is 10.8. The molecule has 0 spiro atoms. The number of carbonyl (C=O) groups is 1. The molecule has 2 unspecified atom stereocenters. The van der Waals surface area contributed by atoms with E-state index >= 15 is 0 Å². The molecule has 2 rings (SSSR count). The van der Waals surface area contributed by atoms with Crippen molar-refractivity contribution < 1.29 is 9.53 Å². The molecule has 1 aliphatic heterocycles. The van der Waals surface area contributed by atoms with Crippen LogP contribution < -0.4 is 0 Å². The number of rotatable bonds is 0. The molecular weight excluding hydrogens is 128 g/mol. The minimum atomic E-state index is 0.0168. The van der Waals surface area contributed by atoms with Gasteiger partial charge in [-0.25, -0.2) is 0 Å². The van der Waals surface area contributed by atoms with Crippen LogP contribution >= 0.6 is 0 Å². The van der Waals surface area contributed by atoms with Crippen molar-refractivity contribution in [3.8, 4) is 0 Å². The summed E-state index contributed by atoms with van der Waals surface area (Å²) in [5, 5.41) is 0. The van der Waals surface area contributed by atoms with Gasteiger partial charge in [0.25, 0.3) is 0 Å². The molecule has 1 saturated carbocycles. The highest BCUT2D eigenvalue weighted by atomic mass is 16.5. The van der Waals surface area contributed by atoms with Gasteiger partial charge in [0.15, 0.2) is 0 Å². The van der Waals surface area contributed by atoms with Crippen molar-refractivity contribution in [1.82, 2.24) is 0 Å². The molecule has 2 nitrogen and oxygen atoms in total. The average Bonchev–Trinajstić information content (AvgIpc) is 2.33. The van der Waals surface area contributed by atoms with E-state index in [4.69, 9.17) is 4.74 Å². The van der Waals surface area contributed by atoms with Crippen LogP contribution in [-0.2, 0) is 9.53 Å². The molecule has 2 atom stereocenters. The highest BCUT2D eigenvalue weighted by Gasteiger charge is 2.33. The SMILES string of the molecule is O=C1CC2CCCC2CO1. The van der Waals surface area contributed by atoms with Gasteiger partial charge in [0.1, 0.15) is 0 Å². The molecule has 1 aliphatic carbocycles. The molecule has 2 aliphatic rings. The van der Waals surface area contributed by atoms with E-state index in [2.05, 4.69) is 0 Å². The molecule has 0 amide bonds. The van der Waals surface area contributed by atoms with Gasteiger partial charge in [-0.1, -0.05) is 6.42 Å². The molecule has 0 radical (unpaired) electrons. The Morgan fingerprint density at radius 2 is 2.10 bits per heavy atom. The Morgan fingerprint density at radius 3 is 3.00 bits per heavy atom. The fourth-order valence-corrected chi connectivity index (χ4v) is 2.07. The first-order valence-electron chi connectivity index (χ1n) is 4.02. The second-order valence-corrected chi connectivity index (χ2v) is 3.34. The van der Waals surface area contributed by atoms with Crippen LogP contribution in [0.25, 0.3) is 0 Å². The van der Waals surface area contributed by atoms with E-state index < -0.39 is 0 Å². The number of ether oxygens (including phenoxy) is 1. The quantitative estimate of drug-likeness (QED) is 0.475. The Morgan fingerprint density at radius 1 is 1.30 bits per heavy atom. The van der Waals surface area contributed by atoms with Gasteiger partial charge in [-0.3, -0.25) is 4.79 Å². The second kappa shape index (κ2) is 2.26. The van der Waals surface area contributed by atoms with Crippen LogP contribution in [0.2, 0.25) is 0 Å². The van der Waals surface area contributed by atoms with Crippen LogP contribution in [0.3, 0.4) is 0 Å². The Labute approximate surface area is 60.6 Å². The topological polar surface area (TPSA) is 26.3 Å². The van der Waals surface area contributed by atoms with E-state index in [0.717, 1.165) is 0 Å². The summed E-state index contributed by atoms with van der Waals surface area (Å²) >= 11 is 0. The van der Waals surface area contributed by atoms with Gasteiger partial charge in [0, 0.05) is 6.42 Å². The first kappa shape index (κ1) is 6.20.